The highest BCUT2D eigenvalue weighted by Gasteiger charge is 2.14. The van der Waals surface area contributed by atoms with Crippen molar-refractivity contribution in [3.8, 4) is 5.95 Å². The highest BCUT2D eigenvalue weighted by molar-refractivity contribution is 5.82. The third-order valence-corrected chi connectivity index (χ3v) is 1.97. The molecule has 0 fully saturated rings. The Morgan fingerprint density at radius 1 is 1.27 bits per heavy atom. The van der Waals surface area contributed by atoms with E-state index in [9.17, 15) is 0 Å². The number of para-hydroxylation sites is 1. The van der Waals surface area contributed by atoms with Crippen molar-refractivity contribution in [2.24, 2.45) is 0 Å². The lowest BCUT2D eigenvalue weighted by atomic mass is 10.2. The summed E-state index contributed by atoms with van der Waals surface area (Å²) in [7, 11) is 0. The van der Waals surface area contributed by atoms with Crippen molar-refractivity contribution in [1.82, 2.24) is 0 Å². The Labute approximate surface area is 63.4 Å². The monoisotopic (exact) mass is 146 g/mol. The molecular weight excluding hydrogens is 140 g/mol. The Hall–Kier alpha value is -1.44. The van der Waals surface area contributed by atoms with Crippen LogP contribution in [0.2, 0.25) is 0 Å². The molecule has 1 aromatic carbocycles. The van der Waals surface area contributed by atoms with Crippen molar-refractivity contribution in [2.45, 2.75) is 6.61 Å². The number of benzene rings is 1. The van der Waals surface area contributed by atoms with E-state index in [0.29, 0.717) is 12.6 Å². The van der Waals surface area contributed by atoms with Crippen LogP contribution in [0.15, 0.2) is 28.7 Å². The molecule has 0 aliphatic carbocycles. The van der Waals surface area contributed by atoms with Crippen LogP contribution in [0.5, 0.6) is 5.95 Å². The number of hydrogen-bond acceptors (Lipinski definition) is 2. The van der Waals surface area contributed by atoms with E-state index in [1.54, 1.807) is 0 Å². The molecule has 2 heterocycles. The largest absolute Gasteiger partial charge is 0.460 e. The van der Waals surface area contributed by atoms with Crippen LogP contribution in [0, 0.1) is 0 Å². The fourth-order valence-corrected chi connectivity index (χ4v) is 1.43. The van der Waals surface area contributed by atoms with Crippen LogP contribution in [0.1, 0.15) is 5.56 Å². The van der Waals surface area contributed by atoms with Gasteiger partial charge < -0.3 is 9.15 Å². The van der Waals surface area contributed by atoms with Crippen LogP contribution < -0.4 is 4.74 Å². The molecule has 2 heteroatoms. The number of rotatable bonds is 0. The van der Waals surface area contributed by atoms with Crippen LogP contribution in [0.4, 0.5) is 0 Å². The van der Waals surface area contributed by atoms with Crippen LogP contribution in [-0.4, -0.2) is 0 Å². The minimum absolute atomic E-state index is 0.638. The molecule has 0 saturated heterocycles. The SMILES string of the molecule is c1cc2c3oc(cc3c1)OC2. The Morgan fingerprint density at radius 2 is 2.27 bits per heavy atom. The second kappa shape index (κ2) is 1.59. The van der Waals surface area contributed by atoms with Crippen molar-refractivity contribution in [3.63, 3.8) is 0 Å². The number of furan rings is 1. The van der Waals surface area contributed by atoms with Gasteiger partial charge in [0.25, 0.3) is 5.95 Å². The fourth-order valence-electron chi connectivity index (χ4n) is 1.43. The molecule has 54 valence electrons. The predicted molar refractivity (Wildman–Crippen MR) is 40.5 cm³/mol. The molecule has 0 spiro atoms. The van der Waals surface area contributed by atoms with E-state index in [4.69, 9.17) is 9.15 Å². The summed E-state index contributed by atoms with van der Waals surface area (Å²) in [5, 5.41) is 1.13. The van der Waals surface area contributed by atoms with E-state index in [1.807, 2.05) is 24.3 Å². The maximum atomic E-state index is 5.36. The Bertz CT molecular complexity index is 414. The van der Waals surface area contributed by atoms with E-state index in [2.05, 4.69) is 0 Å². The first-order valence-corrected chi connectivity index (χ1v) is 3.58. The Kier molecular flexibility index (Phi) is 0.756. The van der Waals surface area contributed by atoms with Gasteiger partial charge in [0.15, 0.2) is 0 Å². The van der Waals surface area contributed by atoms with E-state index >= 15 is 0 Å². The van der Waals surface area contributed by atoms with Gasteiger partial charge in [0, 0.05) is 17.0 Å². The lowest BCUT2D eigenvalue weighted by molar-refractivity contribution is 0.223. The van der Waals surface area contributed by atoms with Crippen LogP contribution >= 0.6 is 0 Å². The highest BCUT2D eigenvalue weighted by atomic mass is 16.6. The lowest BCUT2D eigenvalue weighted by Crippen LogP contribution is -1.96. The normalized spacial score (nSPS) is 13.8. The first-order valence-electron chi connectivity index (χ1n) is 3.58. The molecule has 0 unspecified atom stereocenters. The zero-order chi connectivity index (χ0) is 7.26. The average molecular weight is 146 g/mol. The molecule has 2 nitrogen and oxygen atoms in total. The van der Waals surface area contributed by atoms with E-state index in [1.165, 1.54) is 0 Å². The molecule has 1 aromatic heterocycles. The zero-order valence-corrected chi connectivity index (χ0v) is 5.83. The third kappa shape index (κ3) is 0.564. The summed E-state index contributed by atoms with van der Waals surface area (Å²) in [4.78, 5) is 0. The average Bonchev–Trinajstić information content (AvgIpc) is 2.42. The Balaban J connectivity index is 2.61. The van der Waals surface area contributed by atoms with E-state index in [-0.39, 0.29) is 0 Å². The zero-order valence-electron chi connectivity index (χ0n) is 5.83. The smallest absolute Gasteiger partial charge is 0.285 e. The van der Waals surface area contributed by atoms with Crippen molar-refractivity contribution < 1.29 is 9.15 Å². The third-order valence-electron chi connectivity index (χ3n) is 1.97. The van der Waals surface area contributed by atoms with Crippen LogP contribution in [-0.2, 0) is 6.61 Å². The van der Waals surface area contributed by atoms with Crippen molar-refractivity contribution in [2.75, 3.05) is 0 Å². The van der Waals surface area contributed by atoms with Gasteiger partial charge in [0.05, 0.1) is 0 Å². The number of hydrogen-bond donors (Lipinski definition) is 0. The minimum atomic E-state index is 0.638. The molecule has 0 radical (unpaired) electrons. The van der Waals surface area contributed by atoms with Gasteiger partial charge in [-0.2, -0.15) is 0 Å². The minimum Gasteiger partial charge on any atom is -0.460 e. The standard InChI is InChI=1S/C9H6O2/c1-2-6-4-8-10-5-7(3-1)9(6)11-8/h1-4H,5H2. The second-order valence-electron chi connectivity index (χ2n) is 2.69. The summed E-state index contributed by atoms with van der Waals surface area (Å²) in [5.74, 6) is 0.638. The maximum absolute atomic E-state index is 5.36. The summed E-state index contributed by atoms with van der Waals surface area (Å²) in [6.07, 6.45) is 0. The van der Waals surface area contributed by atoms with Gasteiger partial charge in [-0.1, -0.05) is 18.2 Å². The number of fused-ring (bicyclic) bond motifs is 1. The van der Waals surface area contributed by atoms with Crippen LogP contribution in [0.3, 0.4) is 0 Å². The fraction of sp³-hybridized carbons (Fsp3) is 0.111. The molecular formula is C9H6O2. The van der Waals surface area contributed by atoms with Gasteiger partial charge in [0.1, 0.15) is 12.2 Å². The van der Waals surface area contributed by atoms with Gasteiger partial charge in [-0.15, -0.1) is 0 Å². The van der Waals surface area contributed by atoms with Gasteiger partial charge in [-0.05, 0) is 0 Å². The van der Waals surface area contributed by atoms with E-state index in [0.717, 1.165) is 16.5 Å². The second-order valence-corrected chi connectivity index (χ2v) is 2.69. The summed E-state index contributed by atoms with van der Waals surface area (Å²) in [6, 6.07) is 7.99. The molecule has 1 aliphatic heterocycles. The van der Waals surface area contributed by atoms with Crippen molar-refractivity contribution in [1.29, 1.82) is 0 Å². The molecule has 2 aromatic rings. The van der Waals surface area contributed by atoms with Gasteiger partial charge in [0.2, 0.25) is 0 Å². The van der Waals surface area contributed by atoms with Crippen molar-refractivity contribution in [3.05, 3.63) is 29.8 Å². The highest BCUT2D eigenvalue weighted by Crippen LogP contribution is 2.32. The van der Waals surface area contributed by atoms with Gasteiger partial charge in [-0.25, -0.2) is 0 Å². The summed E-state index contributed by atoms with van der Waals surface area (Å²) >= 11 is 0. The summed E-state index contributed by atoms with van der Waals surface area (Å²) in [6.45, 7) is 0.648. The lowest BCUT2D eigenvalue weighted by Gasteiger charge is -2.06. The predicted octanol–water partition coefficient (Wildman–Crippen LogP) is 2.33. The van der Waals surface area contributed by atoms with Gasteiger partial charge >= 0.3 is 0 Å². The summed E-state index contributed by atoms with van der Waals surface area (Å²) in [5.41, 5.74) is 2.12. The maximum Gasteiger partial charge on any atom is 0.285 e. The molecule has 11 heavy (non-hydrogen) atoms. The molecule has 0 amide bonds. The quantitative estimate of drug-likeness (QED) is 0.569. The first kappa shape index (κ1) is 5.24. The molecule has 1 aliphatic rings. The van der Waals surface area contributed by atoms with Crippen LogP contribution in [0.25, 0.3) is 11.0 Å². The molecule has 0 N–H and O–H groups in total. The van der Waals surface area contributed by atoms with Crippen molar-refractivity contribution >= 4 is 11.0 Å². The first-order chi connectivity index (χ1) is 5.43. The Morgan fingerprint density at radius 3 is 3.27 bits per heavy atom. The topological polar surface area (TPSA) is 22.4 Å². The van der Waals surface area contributed by atoms with E-state index < -0.39 is 0 Å². The summed E-state index contributed by atoms with van der Waals surface area (Å²) < 4.78 is 10.6. The van der Waals surface area contributed by atoms with Gasteiger partial charge in [-0.3, -0.25) is 0 Å². The molecule has 2 bridgehead atoms. The molecule has 0 atom stereocenters. The molecule has 3 rings (SSSR count). The number of ether oxygens (including phenoxy) is 1. The molecule has 0 saturated carbocycles.